The fourth-order valence-corrected chi connectivity index (χ4v) is 3.67. The van der Waals surface area contributed by atoms with Crippen LogP contribution in [-0.4, -0.2) is 37.5 Å². The molecular formula is C13H17ClN2O3S. The van der Waals surface area contributed by atoms with E-state index in [2.05, 4.69) is 5.32 Å². The Morgan fingerprint density at radius 3 is 2.80 bits per heavy atom. The van der Waals surface area contributed by atoms with Crippen molar-refractivity contribution in [1.29, 1.82) is 0 Å². The van der Waals surface area contributed by atoms with Crippen LogP contribution in [0.15, 0.2) is 24.3 Å². The maximum atomic E-state index is 12.1. The molecule has 1 aromatic rings. The third-order valence-electron chi connectivity index (χ3n) is 3.34. The minimum atomic E-state index is -3.34. The summed E-state index contributed by atoms with van der Waals surface area (Å²) in [6, 6.07) is 6.63. The van der Waals surface area contributed by atoms with Crippen molar-refractivity contribution in [3.63, 3.8) is 0 Å². The van der Waals surface area contributed by atoms with Gasteiger partial charge in [-0.3, -0.25) is 4.79 Å². The number of nitrogens with one attached hydrogen (secondary N) is 1. The second-order valence-electron chi connectivity index (χ2n) is 4.84. The van der Waals surface area contributed by atoms with Gasteiger partial charge in [-0.2, -0.15) is 4.31 Å². The molecule has 1 aromatic carbocycles. The highest BCUT2D eigenvalue weighted by Crippen LogP contribution is 2.21. The van der Waals surface area contributed by atoms with Gasteiger partial charge in [0.25, 0.3) is 0 Å². The van der Waals surface area contributed by atoms with Crippen molar-refractivity contribution in [1.82, 2.24) is 9.62 Å². The van der Waals surface area contributed by atoms with Gasteiger partial charge in [0.05, 0.1) is 6.26 Å². The Bertz CT molecular complexity index is 603. The Morgan fingerprint density at radius 2 is 2.15 bits per heavy atom. The van der Waals surface area contributed by atoms with Gasteiger partial charge >= 0.3 is 0 Å². The number of benzene rings is 1. The third-order valence-corrected chi connectivity index (χ3v) is 5.00. The van der Waals surface area contributed by atoms with Crippen molar-refractivity contribution in [2.75, 3.05) is 12.8 Å². The highest BCUT2D eigenvalue weighted by Gasteiger charge is 2.36. The van der Waals surface area contributed by atoms with Gasteiger partial charge in [0, 0.05) is 18.1 Å². The molecule has 1 aliphatic rings. The van der Waals surface area contributed by atoms with E-state index in [0.29, 0.717) is 31.0 Å². The van der Waals surface area contributed by atoms with Crippen LogP contribution in [-0.2, 0) is 21.4 Å². The summed E-state index contributed by atoms with van der Waals surface area (Å²) in [5.74, 6) is -0.271. The summed E-state index contributed by atoms with van der Waals surface area (Å²) >= 11 is 6.01. The standard InChI is InChI=1S/C13H17ClN2O3S/c1-20(18,19)16-8-4-7-12(16)13(17)15-9-10-5-2-3-6-11(10)14/h2-3,5-6,12H,4,7-9H2,1H3,(H,15,17). The number of sulfonamides is 1. The smallest absolute Gasteiger partial charge is 0.238 e. The summed E-state index contributed by atoms with van der Waals surface area (Å²) in [4.78, 5) is 12.1. The molecule has 110 valence electrons. The van der Waals surface area contributed by atoms with E-state index < -0.39 is 16.1 Å². The number of hydrogen-bond donors (Lipinski definition) is 1. The van der Waals surface area contributed by atoms with Gasteiger partial charge in [0.15, 0.2) is 0 Å². The number of amides is 1. The molecular weight excluding hydrogens is 300 g/mol. The van der Waals surface area contributed by atoms with Crippen molar-refractivity contribution in [2.45, 2.75) is 25.4 Å². The first-order valence-corrected chi connectivity index (χ1v) is 8.60. The van der Waals surface area contributed by atoms with Gasteiger partial charge in [0.2, 0.25) is 15.9 Å². The van der Waals surface area contributed by atoms with Crippen LogP contribution in [0, 0.1) is 0 Å². The van der Waals surface area contributed by atoms with Crippen LogP contribution in [0.2, 0.25) is 5.02 Å². The van der Waals surface area contributed by atoms with Crippen molar-refractivity contribution >= 4 is 27.5 Å². The van der Waals surface area contributed by atoms with Crippen molar-refractivity contribution < 1.29 is 13.2 Å². The van der Waals surface area contributed by atoms with E-state index in [1.165, 1.54) is 4.31 Å². The molecule has 1 heterocycles. The van der Waals surface area contributed by atoms with Crippen LogP contribution >= 0.6 is 11.6 Å². The Hall–Kier alpha value is -1.11. The molecule has 1 fully saturated rings. The topological polar surface area (TPSA) is 66.5 Å². The molecule has 5 nitrogen and oxygen atoms in total. The minimum absolute atomic E-state index is 0.271. The number of rotatable bonds is 4. The monoisotopic (exact) mass is 316 g/mol. The molecule has 0 aliphatic carbocycles. The van der Waals surface area contributed by atoms with Crippen LogP contribution in [0.3, 0.4) is 0 Å². The molecule has 0 aromatic heterocycles. The van der Waals surface area contributed by atoms with E-state index >= 15 is 0 Å². The molecule has 1 unspecified atom stereocenters. The first kappa shape index (κ1) is 15.3. The predicted molar refractivity (Wildman–Crippen MR) is 77.9 cm³/mol. The molecule has 7 heteroatoms. The second kappa shape index (κ2) is 6.11. The SMILES string of the molecule is CS(=O)(=O)N1CCCC1C(=O)NCc1ccccc1Cl. The Morgan fingerprint density at radius 1 is 1.45 bits per heavy atom. The zero-order valence-corrected chi connectivity index (χ0v) is 12.7. The highest BCUT2D eigenvalue weighted by atomic mass is 35.5. The minimum Gasteiger partial charge on any atom is -0.351 e. The number of carbonyl (C=O) groups is 1. The van der Waals surface area contributed by atoms with E-state index in [1.54, 1.807) is 6.07 Å². The zero-order chi connectivity index (χ0) is 14.8. The van der Waals surface area contributed by atoms with Crippen LogP contribution in [0.1, 0.15) is 18.4 Å². The lowest BCUT2D eigenvalue weighted by Gasteiger charge is -2.21. The number of halogens is 1. The lowest BCUT2D eigenvalue weighted by atomic mass is 10.2. The van der Waals surface area contributed by atoms with Crippen molar-refractivity contribution in [2.24, 2.45) is 0 Å². The van der Waals surface area contributed by atoms with Gasteiger partial charge in [-0.1, -0.05) is 29.8 Å². The Labute approximate surface area is 124 Å². The molecule has 0 radical (unpaired) electrons. The third kappa shape index (κ3) is 3.50. The largest absolute Gasteiger partial charge is 0.351 e. The Balaban J connectivity index is 2.00. The summed E-state index contributed by atoms with van der Waals surface area (Å²) in [5, 5.41) is 3.34. The molecule has 2 rings (SSSR count). The zero-order valence-electron chi connectivity index (χ0n) is 11.2. The molecule has 20 heavy (non-hydrogen) atoms. The summed E-state index contributed by atoms with van der Waals surface area (Å²) in [5.41, 5.74) is 0.811. The maximum Gasteiger partial charge on any atom is 0.238 e. The van der Waals surface area contributed by atoms with Crippen LogP contribution in [0.25, 0.3) is 0 Å². The second-order valence-corrected chi connectivity index (χ2v) is 7.18. The lowest BCUT2D eigenvalue weighted by Crippen LogP contribution is -2.45. The Kier molecular flexibility index (Phi) is 4.67. The lowest BCUT2D eigenvalue weighted by molar-refractivity contribution is -0.124. The summed E-state index contributed by atoms with van der Waals surface area (Å²) in [6.45, 7) is 0.704. The molecule has 0 bridgehead atoms. The van der Waals surface area contributed by atoms with Gasteiger partial charge in [0.1, 0.15) is 6.04 Å². The fourth-order valence-electron chi connectivity index (χ4n) is 2.34. The normalized spacial score (nSPS) is 20.0. The molecule has 1 atom stereocenters. The average molecular weight is 317 g/mol. The van der Waals surface area contributed by atoms with Crippen LogP contribution in [0.4, 0.5) is 0 Å². The van der Waals surface area contributed by atoms with Crippen molar-refractivity contribution in [3.8, 4) is 0 Å². The summed E-state index contributed by atoms with van der Waals surface area (Å²) in [6.07, 6.45) is 2.39. The first-order chi connectivity index (χ1) is 9.39. The number of hydrogen-bond acceptors (Lipinski definition) is 3. The van der Waals surface area contributed by atoms with E-state index in [4.69, 9.17) is 11.6 Å². The maximum absolute atomic E-state index is 12.1. The van der Waals surface area contributed by atoms with Crippen LogP contribution in [0.5, 0.6) is 0 Å². The quantitative estimate of drug-likeness (QED) is 0.912. The van der Waals surface area contributed by atoms with Gasteiger partial charge < -0.3 is 5.32 Å². The van der Waals surface area contributed by atoms with Crippen molar-refractivity contribution in [3.05, 3.63) is 34.9 Å². The highest BCUT2D eigenvalue weighted by molar-refractivity contribution is 7.88. The van der Waals surface area contributed by atoms with Crippen LogP contribution < -0.4 is 5.32 Å². The number of nitrogens with zero attached hydrogens (tertiary/aromatic N) is 1. The molecule has 0 saturated carbocycles. The van der Waals surface area contributed by atoms with Gasteiger partial charge in [-0.15, -0.1) is 0 Å². The van der Waals surface area contributed by atoms with Gasteiger partial charge in [-0.25, -0.2) is 8.42 Å². The summed E-state index contributed by atoms with van der Waals surface area (Å²) < 4.78 is 24.5. The molecule has 1 N–H and O–H groups in total. The van der Waals surface area contributed by atoms with E-state index in [9.17, 15) is 13.2 Å². The molecule has 0 spiro atoms. The van der Waals surface area contributed by atoms with E-state index in [-0.39, 0.29) is 5.91 Å². The van der Waals surface area contributed by atoms with Gasteiger partial charge in [-0.05, 0) is 24.5 Å². The van der Waals surface area contributed by atoms with E-state index in [1.807, 2.05) is 18.2 Å². The molecule has 1 aliphatic heterocycles. The summed E-state index contributed by atoms with van der Waals surface area (Å²) in [7, 11) is -3.34. The molecule has 1 amide bonds. The first-order valence-electron chi connectivity index (χ1n) is 6.37. The average Bonchev–Trinajstić information content (AvgIpc) is 2.86. The van der Waals surface area contributed by atoms with E-state index in [0.717, 1.165) is 11.8 Å². The number of carbonyl (C=O) groups excluding carboxylic acids is 1. The molecule has 1 saturated heterocycles. The fraction of sp³-hybridized carbons (Fsp3) is 0.462. The predicted octanol–water partition coefficient (Wildman–Crippen LogP) is 1.38.